The van der Waals surface area contributed by atoms with Crippen LogP contribution >= 0.6 is 11.6 Å². The van der Waals surface area contributed by atoms with Crippen molar-refractivity contribution >= 4 is 34.7 Å². The molecule has 6 heteroatoms. The summed E-state index contributed by atoms with van der Waals surface area (Å²) in [6.07, 6.45) is 4.96. The van der Waals surface area contributed by atoms with Crippen LogP contribution in [0.1, 0.15) is 49.3 Å². The summed E-state index contributed by atoms with van der Waals surface area (Å²) in [7, 11) is 3.92. The minimum atomic E-state index is -0.635. The van der Waals surface area contributed by atoms with Gasteiger partial charge in [0.05, 0.1) is 11.6 Å². The molecule has 2 aromatic carbocycles. The Bertz CT molecular complexity index is 1020. The first-order chi connectivity index (χ1) is 14.9. The number of rotatable bonds is 4. The molecule has 2 fully saturated rings. The van der Waals surface area contributed by atoms with Crippen molar-refractivity contribution in [2.24, 2.45) is 0 Å². The monoisotopic (exact) mass is 438 g/mol. The maximum absolute atomic E-state index is 13.2. The molecule has 1 heterocycles. The molecule has 1 aliphatic heterocycles. The maximum atomic E-state index is 13.2. The van der Waals surface area contributed by atoms with Gasteiger partial charge in [-0.3, -0.25) is 9.59 Å². The second kappa shape index (κ2) is 8.75. The zero-order valence-electron chi connectivity index (χ0n) is 17.8. The molecular formula is C25H27ClN2O3. The van der Waals surface area contributed by atoms with Crippen molar-refractivity contribution in [2.75, 3.05) is 19.0 Å². The van der Waals surface area contributed by atoms with Crippen LogP contribution in [0.3, 0.4) is 0 Å². The predicted molar refractivity (Wildman–Crippen MR) is 123 cm³/mol. The molecule has 1 amide bonds. The standard InChI is InChI=1S/C25H27ClN2O3/c1-27(2)19-13-11-16(12-14-19)22-21(23(29)17-7-6-8-18(26)15-17)24(30)25(31)28(22)20-9-4-3-5-10-20/h6-8,11-15,20,22,29H,3-5,9-10H2,1-2H3/b23-21-. The molecule has 31 heavy (non-hydrogen) atoms. The van der Waals surface area contributed by atoms with E-state index >= 15 is 0 Å². The Morgan fingerprint density at radius 3 is 2.32 bits per heavy atom. The van der Waals surface area contributed by atoms with Crippen LogP contribution in [0.4, 0.5) is 5.69 Å². The number of aliphatic hydroxyl groups is 1. The Morgan fingerprint density at radius 2 is 1.71 bits per heavy atom. The molecule has 0 spiro atoms. The summed E-state index contributed by atoms with van der Waals surface area (Å²) in [5.41, 5.74) is 2.41. The smallest absolute Gasteiger partial charge is 0.295 e. The highest BCUT2D eigenvalue weighted by molar-refractivity contribution is 6.46. The van der Waals surface area contributed by atoms with Crippen LogP contribution in [0.2, 0.25) is 5.02 Å². The summed E-state index contributed by atoms with van der Waals surface area (Å²) in [5, 5.41) is 11.6. The van der Waals surface area contributed by atoms with Gasteiger partial charge >= 0.3 is 0 Å². The number of anilines is 1. The van der Waals surface area contributed by atoms with E-state index in [1.54, 1.807) is 29.2 Å². The Hall–Kier alpha value is -2.79. The number of amides is 1. The average Bonchev–Trinajstić information content (AvgIpc) is 3.04. The fourth-order valence-electron chi connectivity index (χ4n) is 4.66. The Kier molecular flexibility index (Phi) is 6.05. The van der Waals surface area contributed by atoms with Crippen LogP contribution in [0.15, 0.2) is 54.1 Å². The van der Waals surface area contributed by atoms with Crippen molar-refractivity contribution in [3.8, 4) is 0 Å². The fourth-order valence-corrected chi connectivity index (χ4v) is 4.85. The molecule has 0 radical (unpaired) electrons. The molecular weight excluding hydrogens is 412 g/mol. The van der Waals surface area contributed by atoms with Crippen LogP contribution < -0.4 is 4.90 Å². The Balaban J connectivity index is 1.86. The topological polar surface area (TPSA) is 60.9 Å². The largest absolute Gasteiger partial charge is 0.507 e. The van der Waals surface area contributed by atoms with Gasteiger partial charge in [-0.2, -0.15) is 0 Å². The van der Waals surface area contributed by atoms with E-state index in [0.717, 1.165) is 43.4 Å². The highest BCUT2D eigenvalue weighted by Crippen LogP contribution is 2.43. The molecule has 0 bridgehead atoms. The van der Waals surface area contributed by atoms with E-state index in [1.165, 1.54) is 0 Å². The summed E-state index contributed by atoms with van der Waals surface area (Å²) in [6, 6.07) is 13.9. The minimum Gasteiger partial charge on any atom is -0.507 e. The van der Waals surface area contributed by atoms with Gasteiger partial charge in [0, 0.05) is 36.4 Å². The van der Waals surface area contributed by atoms with Gasteiger partial charge in [0.15, 0.2) is 0 Å². The Morgan fingerprint density at radius 1 is 1.03 bits per heavy atom. The van der Waals surface area contributed by atoms with Crippen LogP contribution in [-0.4, -0.2) is 41.8 Å². The molecule has 0 aromatic heterocycles. The van der Waals surface area contributed by atoms with Crippen LogP contribution in [0, 0.1) is 0 Å². The van der Waals surface area contributed by atoms with Crippen molar-refractivity contribution in [3.63, 3.8) is 0 Å². The summed E-state index contributed by atoms with van der Waals surface area (Å²) < 4.78 is 0. The molecule has 1 N–H and O–H groups in total. The van der Waals surface area contributed by atoms with Crippen LogP contribution in [0.5, 0.6) is 0 Å². The number of ketones is 1. The van der Waals surface area contributed by atoms with Crippen molar-refractivity contribution in [2.45, 2.75) is 44.2 Å². The molecule has 5 nitrogen and oxygen atoms in total. The van der Waals surface area contributed by atoms with Gasteiger partial charge in [-0.15, -0.1) is 0 Å². The summed E-state index contributed by atoms with van der Waals surface area (Å²) in [6.45, 7) is 0. The quantitative estimate of drug-likeness (QED) is 0.407. The highest BCUT2D eigenvalue weighted by Gasteiger charge is 2.48. The number of carbonyl (C=O) groups is 2. The summed E-state index contributed by atoms with van der Waals surface area (Å²) in [5.74, 6) is -1.34. The minimum absolute atomic E-state index is 0.00612. The third kappa shape index (κ3) is 4.07. The molecule has 1 unspecified atom stereocenters. The number of likely N-dealkylation sites (tertiary alicyclic amines) is 1. The molecule has 1 atom stereocenters. The summed E-state index contributed by atoms with van der Waals surface area (Å²) in [4.78, 5) is 30.0. The fraction of sp³-hybridized carbons (Fsp3) is 0.360. The second-order valence-electron chi connectivity index (χ2n) is 8.49. The molecule has 1 aliphatic carbocycles. The number of Topliss-reactive ketones (excluding diaryl/α,β-unsaturated/α-hetero) is 1. The van der Waals surface area contributed by atoms with Gasteiger partial charge in [0.2, 0.25) is 0 Å². The molecule has 1 saturated heterocycles. The first-order valence-corrected chi connectivity index (χ1v) is 11.1. The molecule has 2 aromatic rings. The van der Waals surface area contributed by atoms with E-state index in [-0.39, 0.29) is 17.4 Å². The van der Waals surface area contributed by atoms with Crippen molar-refractivity contribution in [1.82, 2.24) is 4.90 Å². The SMILES string of the molecule is CN(C)c1ccc(C2/C(=C(/O)c3cccc(Cl)c3)C(=O)C(=O)N2C2CCCCC2)cc1. The number of hydrogen-bond acceptors (Lipinski definition) is 4. The van der Waals surface area contributed by atoms with E-state index in [2.05, 4.69) is 0 Å². The van der Waals surface area contributed by atoms with E-state index < -0.39 is 17.7 Å². The lowest BCUT2D eigenvalue weighted by molar-refractivity contribution is -0.141. The zero-order chi connectivity index (χ0) is 22.1. The molecule has 162 valence electrons. The van der Waals surface area contributed by atoms with Gasteiger partial charge in [0.25, 0.3) is 11.7 Å². The van der Waals surface area contributed by atoms with E-state index in [0.29, 0.717) is 10.6 Å². The van der Waals surface area contributed by atoms with Crippen LogP contribution in [0.25, 0.3) is 5.76 Å². The highest BCUT2D eigenvalue weighted by atomic mass is 35.5. The van der Waals surface area contributed by atoms with Crippen molar-refractivity contribution < 1.29 is 14.7 Å². The number of carbonyl (C=O) groups excluding carboxylic acids is 2. The number of benzene rings is 2. The van der Waals surface area contributed by atoms with E-state index in [4.69, 9.17) is 11.6 Å². The average molecular weight is 439 g/mol. The lowest BCUT2D eigenvalue weighted by Crippen LogP contribution is -2.40. The van der Waals surface area contributed by atoms with Gasteiger partial charge in [-0.25, -0.2) is 0 Å². The predicted octanol–water partition coefficient (Wildman–Crippen LogP) is 5.16. The normalized spacial score (nSPS) is 21.5. The molecule has 2 aliphatic rings. The first kappa shape index (κ1) is 21.4. The third-order valence-corrected chi connectivity index (χ3v) is 6.51. The Labute approximate surface area is 187 Å². The van der Waals surface area contributed by atoms with Gasteiger partial charge in [-0.05, 0) is 42.7 Å². The third-order valence-electron chi connectivity index (χ3n) is 6.27. The second-order valence-corrected chi connectivity index (χ2v) is 8.93. The lowest BCUT2D eigenvalue weighted by atomic mass is 9.91. The number of hydrogen-bond donors (Lipinski definition) is 1. The number of nitrogens with zero attached hydrogens (tertiary/aromatic N) is 2. The van der Waals surface area contributed by atoms with E-state index in [1.807, 2.05) is 43.3 Å². The summed E-state index contributed by atoms with van der Waals surface area (Å²) >= 11 is 6.11. The molecule has 1 saturated carbocycles. The lowest BCUT2D eigenvalue weighted by Gasteiger charge is -2.35. The van der Waals surface area contributed by atoms with E-state index in [9.17, 15) is 14.7 Å². The number of aliphatic hydroxyl groups excluding tert-OH is 1. The first-order valence-electron chi connectivity index (χ1n) is 10.7. The zero-order valence-corrected chi connectivity index (χ0v) is 18.6. The number of halogens is 1. The van der Waals surface area contributed by atoms with Crippen molar-refractivity contribution in [3.05, 3.63) is 70.3 Å². The maximum Gasteiger partial charge on any atom is 0.295 e. The van der Waals surface area contributed by atoms with Gasteiger partial charge in [-0.1, -0.05) is 55.1 Å². The molecule has 4 rings (SSSR count). The van der Waals surface area contributed by atoms with Gasteiger partial charge < -0.3 is 14.9 Å². The van der Waals surface area contributed by atoms with Gasteiger partial charge in [0.1, 0.15) is 5.76 Å². The van der Waals surface area contributed by atoms with Crippen LogP contribution in [-0.2, 0) is 9.59 Å². The van der Waals surface area contributed by atoms with Crippen molar-refractivity contribution in [1.29, 1.82) is 0 Å².